The van der Waals surface area contributed by atoms with Crippen LogP contribution in [0.25, 0.3) is 6.08 Å². The number of hydrogen-bond acceptors (Lipinski definition) is 5. The lowest BCUT2D eigenvalue weighted by Crippen LogP contribution is -2.39. The van der Waals surface area contributed by atoms with Crippen LogP contribution >= 0.6 is 0 Å². The summed E-state index contributed by atoms with van der Waals surface area (Å²) in [4.78, 5) is 17.9. The van der Waals surface area contributed by atoms with E-state index in [4.69, 9.17) is 14.2 Å². The monoisotopic (exact) mass is 278 g/mol. The molecule has 1 fully saturated rings. The molecule has 0 aromatic carbocycles. The van der Waals surface area contributed by atoms with Gasteiger partial charge in [-0.05, 0) is 6.08 Å². The summed E-state index contributed by atoms with van der Waals surface area (Å²) in [5.41, 5.74) is 0.643. The lowest BCUT2D eigenvalue weighted by atomic mass is 10.3. The SMILES string of the molecule is COc1cnc(C=CC(=O)N2CCOCC2)cc1OC. The zero-order chi connectivity index (χ0) is 14.4. The number of aromatic nitrogens is 1. The van der Waals surface area contributed by atoms with Crippen LogP contribution in [0.15, 0.2) is 18.3 Å². The van der Waals surface area contributed by atoms with Crippen molar-refractivity contribution in [1.29, 1.82) is 0 Å². The number of carbonyl (C=O) groups is 1. The zero-order valence-corrected chi connectivity index (χ0v) is 11.7. The van der Waals surface area contributed by atoms with Crippen LogP contribution in [-0.4, -0.2) is 56.3 Å². The fraction of sp³-hybridized carbons (Fsp3) is 0.429. The molecule has 1 aromatic heterocycles. The molecule has 0 atom stereocenters. The van der Waals surface area contributed by atoms with Crippen molar-refractivity contribution < 1.29 is 19.0 Å². The Bertz CT molecular complexity index is 496. The van der Waals surface area contributed by atoms with Gasteiger partial charge in [-0.15, -0.1) is 0 Å². The fourth-order valence-electron chi connectivity index (χ4n) is 1.89. The van der Waals surface area contributed by atoms with Crippen LogP contribution in [0.3, 0.4) is 0 Å². The molecule has 0 aliphatic carbocycles. The standard InChI is InChI=1S/C14H18N2O4/c1-18-12-9-11(15-10-13(12)19-2)3-4-14(17)16-5-7-20-8-6-16/h3-4,9-10H,5-8H2,1-2H3. The smallest absolute Gasteiger partial charge is 0.246 e. The summed E-state index contributed by atoms with van der Waals surface area (Å²) in [5, 5.41) is 0. The maximum atomic E-state index is 11.9. The highest BCUT2D eigenvalue weighted by Gasteiger charge is 2.14. The van der Waals surface area contributed by atoms with Crippen LogP contribution < -0.4 is 9.47 Å². The Balaban J connectivity index is 2.04. The van der Waals surface area contributed by atoms with Gasteiger partial charge in [-0.3, -0.25) is 9.78 Å². The summed E-state index contributed by atoms with van der Waals surface area (Å²) < 4.78 is 15.5. The Hall–Kier alpha value is -2.08. The fourth-order valence-corrected chi connectivity index (χ4v) is 1.89. The first-order chi connectivity index (χ1) is 9.74. The van der Waals surface area contributed by atoms with Crippen molar-refractivity contribution in [3.05, 3.63) is 24.0 Å². The Morgan fingerprint density at radius 2 is 2.00 bits per heavy atom. The van der Waals surface area contributed by atoms with Crippen LogP contribution in [0.4, 0.5) is 0 Å². The van der Waals surface area contributed by atoms with E-state index in [1.165, 1.54) is 6.08 Å². The van der Waals surface area contributed by atoms with E-state index in [9.17, 15) is 4.79 Å². The maximum absolute atomic E-state index is 11.9. The number of ether oxygens (including phenoxy) is 3. The van der Waals surface area contributed by atoms with E-state index in [0.29, 0.717) is 43.5 Å². The van der Waals surface area contributed by atoms with E-state index in [0.717, 1.165) is 0 Å². The van der Waals surface area contributed by atoms with Gasteiger partial charge in [-0.2, -0.15) is 0 Å². The minimum absolute atomic E-state index is 0.0371. The van der Waals surface area contributed by atoms with Gasteiger partial charge in [0, 0.05) is 25.2 Å². The quantitative estimate of drug-likeness (QED) is 0.768. The van der Waals surface area contributed by atoms with E-state index in [1.54, 1.807) is 37.5 Å². The first-order valence-corrected chi connectivity index (χ1v) is 6.37. The zero-order valence-electron chi connectivity index (χ0n) is 11.7. The predicted molar refractivity (Wildman–Crippen MR) is 73.8 cm³/mol. The molecular weight excluding hydrogens is 260 g/mol. The van der Waals surface area contributed by atoms with E-state index >= 15 is 0 Å². The minimum atomic E-state index is -0.0371. The number of carbonyl (C=O) groups excluding carboxylic acids is 1. The Morgan fingerprint density at radius 3 is 2.65 bits per heavy atom. The number of morpholine rings is 1. The van der Waals surface area contributed by atoms with Crippen molar-refractivity contribution in [2.24, 2.45) is 0 Å². The lowest BCUT2D eigenvalue weighted by Gasteiger charge is -2.25. The van der Waals surface area contributed by atoms with Gasteiger partial charge < -0.3 is 19.1 Å². The number of amides is 1. The number of methoxy groups -OCH3 is 2. The maximum Gasteiger partial charge on any atom is 0.246 e. The highest BCUT2D eigenvalue weighted by molar-refractivity contribution is 5.91. The molecule has 0 N–H and O–H groups in total. The Labute approximate surface area is 118 Å². The molecule has 0 spiro atoms. The largest absolute Gasteiger partial charge is 0.493 e. The number of rotatable bonds is 4. The molecule has 2 heterocycles. The lowest BCUT2D eigenvalue weighted by molar-refractivity contribution is -0.129. The van der Waals surface area contributed by atoms with Crippen LogP contribution in [0.2, 0.25) is 0 Å². The van der Waals surface area contributed by atoms with Crippen LogP contribution in [0.1, 0.15) is 5.69 Å². The van der Waals surface area contributed by atoms with Crippen LogP contribution in [0, 0.1) is 0 Å². The van der Waals surface area contributed by atoms with Gasteiger partial charge in [0.1, 0.15) is 0 Å². The highest BCUT2D eigenvalue weighted by Crippen LogP contribution is 2.26. The second-order valence-corrected chi connectivity index (χ2v) is 4.24. The average molecular weight is 278 g/mol. The van der Waals surface area contributed by atoms with Gasteiger partial charge in [0.15, 0.2) is 11.5 Å². The normalized spacial score (nSPS) is 15.4. The van der Waals surface area contributed by atoms with Crippen molar-refractivity contribution in [3.8, 4) is 11.5 Å². The van der Waals surface area contributed by atoms with Crippen molar-refractivity contribution in [2.45, 2.75) is 0 Å². The average Bonchev–Trinajstić information content (AvgIpc) is 2.53. The van der Waals surface area contributed by atoms with Crippen molar-refractivity contribution in [3.63, 3.8) is 0 Å². The van der Waals surface area contributed by atoms with E-state index in [1.807, 2.05) is 0 Å². The van der Waals surface area contributed by atoms with Gasteiger partial charge in [0.05, 0.1) is 39.3 Å². The molecule has 0 saturated carbocycles. The Morgan fingerprint density at radius 1 is 1.30 bits per heavy atom. The van der Waals surface area contributed by atoms with Gasteiger partial charge >= 0.3 is 0 Å². The predicted octanol–water partition coefficient (Wildman–Crippen LogP) is 0.971. The van der Waals surface area contributed by atoms with Crippen molar-refractivity contribution in [2.75, 3.05) is 40.5 Å². The molecule has 6 nitrogen and oxygen atoms in total. The first-order valence-electron chi connectivity index (χ1n) is 6.37. The molecule has 6 heteroatoms. The topological polar surface area (TPSA) is 60.9 Å². The first kappa shape index (κ1) is 14.3. The molecule has 2 rings (SSSR count). The van der Waals surface area contributed by atoms with Crippen LogP contribution in [0.5, 0.6) is 11.5 Å². The summed E-state index contributed by atoms with van der Waals surface area (Å²) in [6.07, 6.45) is 4.75. The summed E-state index contributed by atoms with van der Waals surface area (Å²) in [6.45, 7) is 2.44. The number of hydrogen-bond donors (Lipinski definition) is 0. The van der Waals surface area contributed by atoms with Gasteiger partial charge in [-0.1, -0.05) is 0 Å². The molecule has 0 radical (unpaired) electrons. The third kappa shape index (κ3) is 3.48. The summed E-state index contributed by atoms with van der Waals surface area (Å²) in [5.74, 6) is 1.11. The van der Waals surface area contributed by atoms with Crippen molar-refractivity contribution in [1.82, 2.24) is 9.88 Å². The molecule has 108 valence electrons. The minimum Gasteiger partial charge on any atom is -0.493 e. The molecule has 1 aromatic rings. The van der Waals surface area contributed by atoms with E-state index in [-0.39, 0.29) is 5.91 Å². The molecule has 20 heavy (non-hydrogen) atoms. The summed E-state index contributed by atoms with van der Waals surface area (Å²) in [6, 6.07) is 1.72. The molecule has 1 aliphatic rings. The molecule has 1 saturated heterocycles. The van der Waals surface area contributed by atoms with Crippen LogP contribution in [-0.2, 0) is 9.53 Å². The molecule has 0 unspecified atom stereocenters. The molecule has 1 aliphatic heterocycles. The summed E-state index contributed by atoms with van der Waals surface area (Å²) >= 11 is 0. The van der Waals surface area contributed by atoms with Crippen molar-refractivity contribution >= 4 is 12.0 Å². The summed E-state index contributed by atoms with van der Waals surface area (Å²) in [7, 11) is 3.11. The number of nitrogens with zero attached hydrogens (tertiary/aromatic N) is 2. The third-order valence-corrected chi connectivity index (χ3v) is 3.01. The number of pyridine rings is 1. The van der Waals surface area contributed by atoms with Gasteiger partial charge in [0.2, 0.25) is 5.91 Å². The van der Waals surface area contributed by atoms with Gasteiger partial charge in [0.25, 0.3) is 0 Å². The second kappa shape index (κ2) is 6.91. The van der Waals surface area contributed by atoms with E-state index in [2.05, 4.69) is 4.98 Å². The van der Waals surface area contributed by atoms with Gasteiger partial charge in [-0.25, -0.2) is 0 Å². The Kier molecular flexibility index (Phi) is 4.95. The molecule has 1 amide bonds. The molecule has 0 bridgehead atoms. The third-order valence-electron chi connectivity index (χ3n) is 3.01. The highest BCUT2D eigenvalue weighted by atomic mass is 16.5. The van der Waals surface area contributed by atoms with E-state index < -0.39 is 0 Å². The second-order valence-electron chi connectivity index (χ2n) is 4.24. The molecular formula is C14H18N2O4.